The van der Waals surface area contributed by atoms with Crippen LogP contribution in [0, 0.1) is 0 Å². The van der Waals surface area contributed by atoms with Gasteiger partial charge in [0.25, 0.3) is 0 Å². The number of hydrogen-bond acceptors (Lipinski definition) is 4. The molecule has 0 spiro atoms. The fourth-order valence-corrected chi connectivity index (χ4v) is 3.61. The zero-order valence-corrected chi connectivity index (χ0v) is 17.6. The van der Waals surface area contributed by atoms with Crippen LogP contribution in [0.4, 0.5) is 0 Å². The van der Waals surface area contributed by atoms with Crippen LogP contribution in [0.25, 0.3) is 0 Å². The maximum atomic E-state index is 12.9. The third-order valence-corrected chi connectivity index (χ3v) is 5.10. The predicted octanol–water partition coefficient (Wildman–Crippen LogP) is 1.23. The molecule has 0 saturated carbocycles. The quantitative estimate of drug-likeness (QED) is 0.459. The van der Waals surface area contributed by atoms with E-state index >= 15 is 0 Å². The molecule has 1 aliphatic heterocycles. The first-order valence-electron chi connectivity index (χ1n) is 10.6. The highest BCUT2D eigenvalue weighted by Crippen LogP contribution is 2.19. The molecular formula is C22H34N4O3. The zero-order chi connectivity index (χ0) is 21.1. The van der Waals surface area contributed by atoms with Crippen molar-refractivity contribution in [3.8, 4) is 0 Å². The maximum Gasteiger partial charge on any atom is 0.245 e. The van der Waals surface area contributed by atoms with Crippen LogP contribution in [0.15, 0.2) is 30.3 Å². The summed E-state index contributed by atoms with van der Waals surface area (Å²) in [6, 6.07) is 8.91. The summed E-state index contributed by atoms with van der Waals surface area (Å²) in [6.07, 6.45) is 3.74. The van der Waals surface area contributed by atoms with Gasteiger partial charge < -0.3 is 20.9 Å². The molecule has 1 aliphatic rings. The van der Waals surface area contributed by atoms with E-state index in [1.54, 1.807) is 4.90 Å². The number of nitrogens with one attached hydrogen (secondary N) is 3. The van der Waals surface area contributed by atoms with Crippen molar-refractivity contribution < 1.29 is 14.4 Å². The van der Waals surface area contributed by atoms with Crippen LogP contribution in [0.1, 0.15) is 45.1 Å². The average molecular weight is 403 g/mol. The molecule has 1 aromatic carbocycles. The molecule has 2 atom stereocenters. The van der Waals surface area contributed by atoms with E-state index in [2.05, 4.69) is 22.9 Å². The molecule has 3 N–H and O–H groups in total. The molecule has 0 unspecified atom stereocenters. The molecule has 7 nitrogen and oxygen atoms in total. The highest BCUT2D eigenvalue weighted by atomic mass is 16.2. The number of nitrogens with zero attached hydrogens (tertiary/aromatic N) is 1. The Morgan fingerprint density at radius 3 is 2.62 bits per heavy atom. The largest absolute Gasteiger partial charge is 0.354 e. The summed E-state index contributed by atoms with van der Waals surface area (Å²) in [6.45, 7) is 6.41. The van der Waals surface area contributed by atoms with Crippen LogP contribution >= 0.6 is 0 Å². The van der Waals surface area contributed by atoms with Crippen LogP contribution in [0.3, 0.4) is 0 Å². The van der Waals surface area contributed by atoms with Gasteiger partial charge in [-0.1, -0.05) is 37.3 Å². The maximum absolute atomic E-state index is 12.9. The number of rotatable bonds is 12. The Hall–Kier alpha value is -2.41. The predicted molar refractivity (Wildman–Crippen MR) is 113 cm³/mol. The Labute approximate surface area is 173 Å². The summed E-state index contributed by atoms with van der Waals surface area (Å²) in [7, 11) is 0. The molecule has 1 heterocycles. The van der Waals surface area contributed by atoms with Crippen molar-refractivity contribution in [1.29, 1.82) is 0 Å². The van der Waals surface area contributed by atoms with E-state index in [4.69, 9.17) is 0 Å². The van der Waals surface area contributed by atoms with Crippen LogP contribution in [-0.4, -0.2) is 60.9 Å². The lowest BCUT2D eigenvalue weighted by Gasteiger charge is -2.27. The molecule has 0 radical (unpaired) electrons. The number of benzene rings is 1. The Balaban J connectivity index is 1.96. The van der Waals surface area contributed by atoms with Crippen molar-refractivity contribution in [3.63, 3.8) is 0 Å². The van der Waals surface area contributed by atoms with Crippen LogP contribution in [0.2, 0.25) is 0 Å². The molecule has 0 aromatic heterocycles. The fraction of sp³-hybridized carbons (Fsp3) is 0.591. The summed E-state index contributed by atoms with van der Waals surface area (Å²) in [5.41, 5.74) is 1.14. The van der Waals surface area contributed by atoms with Gasteiger partial charge in [0.05, 0.1) is 0 Å². The van der Waals surface area contributed by atoms with Crippen molar-refractivity contribution in [1.82, 2.24) is 20.9 Å². The van der Waals surface area contributed by atoms with E-state index in [1.165, 1.54) is 6.92 Å². The summed E-state index contributed by atoms with van der Waals surface area (Å²) < 4.78 is 0. The molecule has 3 amide bonds. The summed E-state index contributed by atoms with van der Waals surface area (Å²) >= 11 is 0. The molecule has 0 aliphatic carbocycles. The van der Waals surface area contributed by atoms with Gasteiger partial charge in [-0.2, -0.15) is 0 Å². The van der Waals surface area contributed by atoms with Crippen LogP contribution in [-0.2, 0) is 20.8 Å². The van der Waals surface area contributed by atoms with Gasteiger partial charge in [0, 0.05) is 20.0 Å². The lowest BCUT2D eigenvalue weighted by molar-refractivity contribution is -0.139. The lowest BCUT2D eigenvalue weighted by atomic mass is 10.0. The van der Waals surface area contributed by atoms with Crippen molar-refractivity contribution in [3.05, 3.63) is 35.9 Å². The number of amides is 3. The first-order chi connectivity index (χ1) is 14.0. The summed E-state index contributed by atoms with van der Waals surface area (Å²) in [5, 5.41) is 8.99. The molecule has 0 bridgehead atoms. The van der Waals surface area contributed by atoms with Gasteiger partial charge in [0.2, 0.25) is 17.7 Å². The lowest BCUT2D eigenvalue weighted by Crippen LogP contribution is -2.50. The second-order valence-corrected chi connectivity index (χ2v) is 7.51. The van der Waals surface area contributed by atoms with E-state index in [1.807, 2.05) is 30.3 Å². The molecule has 1 fully saturated rings. The van der Waals surface area contributed by atoms with Crippen LogP contribution in [0.5, 0.6) is 0 Å². The van der Waals surface area contributed by atoms with Crippen molar-refractivity contribution >= 4 is 17.7 Å². The molecule has 29 heavy (non-hydrogen) atoms. The molecular weight excluding hydrogens is 368 g/mol. The second kappa shape index (κ2) is 12.2. The molecule has 1 saturated heterocycles. The van der Waals surface area contributed by atoms with E-state index < -0.39 is 12.1 Å². The van der Waals surface area contributed by atoms with Gasteiger partial charge in [-0.3, -0.25) is 14.4 Å². The molecule has 7 heteroatoms. The number of aryl methyl sites for hydroxylation is 1. The Morgan fingerprint density at radius 2 is 1.93 bits per heavy atom. The number of carbonyl (C=O) groups is 3. The first kappa shape index (κ1) is 22.9. The highest BCUT2D eigenvalue weighted by Gasteiger charge is 2.38. The monoisotopic (exact) mass is 402 g/mol. The number of hydrogen-bond donors (Lipinski definition) is 3. The highest BCUT2D eigenvalue weighted by molar-refractivity contribution is 5.93. The number of likely N-dealkylation sites (tertiary alicyclic amines) is 1. The van der Waals surface area contributed by atoms with E-state index in [0.717, 1.165) is 31.5 Å². The van der Waals surface area contributed by atoms with Gasteiger partial charge in [-0.25, -0.2) is 0 Å². The standard InChI is InChI=1S/C22H34N4O3/c1-3-13-23-14-7-15-24-21(28)20(11-10-18-8-5-4-6-9-18)26-16-12-19(22(26)29)25-17(2)27/h4-6,8-9,19-20,23H,3,7,10-16H2,1-2H3,(H,24,28)(H,25,27)/t19-,20+/m1/s1. The topological polar surface area (TPSA) is 90.5 Å². The fourth-order valence-electron chi connectivity index (χ4n) is 3.61. The third kappa shape index (κ3) is 7.49. The SMILES string of the molecule is CCCNCCCNC(=O)[C@H](CCc1ccccc1)N1CC[C@@H](NC(C)=O)C1=O. The van der Waals surface area contributed by atoms with E-state index in [9.17, 15) is 14.4 Å². The summed E-state index contributed by atoms with van der Waals surface area (Å²) in [5.74, 6) is -0.513. The minimum absolute atomic E-state index is 0.117. The first-order valence-corrected chi connectivity index (χ1v) is 10.6. The average Bonchev–Trinajstić information content (AvgIpc) is 3.05. The summed E-state index contributed by atoms with van der Waals surface area (Å²) in [4.78, 5) is 38.7. The van der Waals surface area contributed by atoms with Crippen molar-refractivity contribution in [2.45, 2.75) is 58.0 Å². The van der Waals surface area contributed by atoms with Crippen molar-refractivity contribution in [2.75, 3.05) is 26.2 Å². The normalized spacial score (nSPS) is 17.2. The van der Waals surface area contributed by atoms with E-state index in [0.29, 0.717) is 32.4 Å². The zero-order valence-electron chi connectivity index (χ0n) is 17.6. The van der Waals surface area contributed by atoms with E-state index in [-0.39, 0.29) is 17.7 Å². The van der Waals surface area contributed by atoms with Gasteiger partial charge in [-0.15, -0.1) is 0 Å². The third-order valence-electron chi connectivity index (χ3n) is 5.10. The minimum atomic E-state index is -0.530. The van der Waals surface area contributed by atoms with Gasteiger partial charge in [0.15, 0.2) is 0 Å². The minimum Gasteiger partial charge on any atom is -0.354 e. The van der Waals surface area contributed by atoms with Gasteiger partial charge in [-0.05, 0) is 50.8 Å². The van der Waals surface area contributed by atoms with Crippen molar-refractivity contribution in [2.24, 2.45) is 0 Å². The smallest absolute Gasteiger partial charge is 0.245 e. The second-order valence-electron chi connectivity index (χ2n) is 7.51. The molecule has 1 aromatic rings. The Bertz CT molecular complexity index is 665. The number of carbonyl (C=O) groups excluding carboxylic acids is 3. The Morgan fingerprint density at radius 1 is 1.17 bits per heavy atom. The Kier molecular flexibility index (Phi) is 9.64. The van der Waals surface area contributed by atoms with Crippen LogP contribution < -0.4 is 16.0 Å². The van der Waals surface area contributed by atoms with Gasteiger partial charge in [0.1, 0.15) is 12.1 Å². The molecule has 160 valence electrons. The van der Waals surface area contributed by atoms with Gasteiger partial charge >= 0.3 is 0 Å². The molecule has 2 rings (SSSR count).